The van der Waals surface area contributed by atoms with Crippen LogP contribution in [0.4, 0.5) is 5.69 Å². The molecule has 2 N–H and O–H groups in total. The molecule has 1 aromatic carbocycles. The highest BCUT2D eigenvalue weighted by Gasteiger charge is 2.33. The van der Waals surface area contributed by atoms with Gasteiger partial charge in [-0.15, -0.1) is 0 Å². The van der Waals surface area contributed by atoms with Crippen LogP contribution < -0.4 is 5.73 Å². The maximum atomic E-state index is 6.24. The Hall–Kier alpha value is -0.730. The van der Waals surface area contributed by atoms with Crippen molar-refractivity contribution < 1.29 is 0 Å². The first-order chi connectivity index (χ1) is 8.22. The number of nitrogens with zero attached hydrogens (tertiary/aromatic N) is 1. The van der Waals surface area contributed by atoms with Crippen LogP contribution in [0, 0.1) is 5.92 Å². The van der Waals surface area contributed by atoms with E-state index in [-0.39, 0.29) is 0 Å². The molecule has 2 nitrogen and oxygen atoms in total. The van der Waals surface area contributed by atoms with Crippen molar-refractivity contribution in [1.82, 2.24) is 4.90 Å². The zero-order chi connectivity index (χ0) is 11.8. The Bertz CT molecular complexity index is 411. The van der Waals surface area contributed by atoms with Crippen LogP contribution in [-0.2, 0) is 6.54 Å². The summed E-state index contributed by atoms with van der Waals surface area (Å²) < 4.78 is 0. The molecule has 0 radical (unpaired) electrons. The zero-order valence-electron chi connectivity index (χ0n) is 10.0. The van der Waals surface area contributed by atoms with Gasteiger partial charge in [0, 0.05) is 29.8 Å². The Kier molecular flexibility index (Phi) is 3.01. The number of hydrogen-bond donors (Lipinski definition) is 1. The van der Waals surface area contributed by atoms with Gasteiger partial charge in [-0.3, -0.25) is 4.90 Å². The van der Waals surface area contributed by atoms with Gasteiger partial charge < -0.3 is 5.73 Å². The second-order valence-corrected chi connectivity index (χ2v) is 5.86. The van der Waals surface area contributed by atoms with Crippen molar-refractivity contribution in [3.8, 4) is 0 Å². The SMILES string of the molecule is Nc1ccc(Cl)c(CN(CC2CC2)C2CC2)c1. The van der Waals surface area contributed by atoms with Crippen molar-refractivity contribution >= 4 is 17.3 Å². The summed E-state index contributed by atoms with van der Waals surface area (Å²) in [4.78, 5) is 2.60. The van der Waals surface area contributed by atoms with E-state index in [1.54, 1.807) is 0 Å². The highest BCUT2D eigenvalue weighted by Crippen LogP contribution is 2.36. The summed E-state index contributed by atoms with van der Waals surface area (Å²) in [6.07, 6.45) is 5.53. The molecule has 2 saturated carbocycles. The molecule has 17 heavy (non-hydrogen) atoms. The summed E-state index contributed by atoms with van der Waals surface area (Å²) in [5, 5.41) is 0.848. The van der Waals surface area contributed by atoms with E-state index in [9.17, 15) is 0 Å². The summed E-state index contributed by atoms with van der Waals surface area (Å²) in [5.41, 5.74) is 7.82. The summed E-state index contributed by atoms with van der Waals surface area (Å²) in [6, 6.07) is 6.60. The first kappa shape index (κ1) is 11.4. The molecule has 0 saturated heterocycles. The van der Waals surface area contributed by atoms with Crippen molar-refractivity contribution in [3.63, 3.8) is 0 Å². The topological polar surface area (TPSA) is 29.3 Å². The van der Waals surface area contributed by atoms with Gasteiger partial charge in [-0.2, -0.15) is 0 Å². The molecular formula is C14H19ClN2. The maximum absolute atomic E-state index is 6.24. The Balaban J connectivity index is 1.71. The quantitative estimate of drug-likeness (QED) is 0.813. The van der Waals surface area contributed by atoms with Gasteiger partial charge in [0.25, 0.3) is 0 Å². The molecule has 3 rings (SSSR count). The first-order valence-electron chi connectivity index (χ1n) is 6.50. The van der Waals surface area contributed by atoms with E-state index in [0.717, 1.165) is 29.2 Å². The van der Waals surface area contributed by atoms with Crippen LogP contribution in [0.2, 0.25) is 5.02 Å². The molecule has 0 unspecified atom stereocenters. The van der Waals surface area contributed by atoms with E-state index in [4.69, 9.17) is 17.3 Å². The van der Waals surface area contributed by atoms with Crippen LogP contribution in [-0.4, -0.2) is 17.5 Å². The minimum atomic E-state index is 0.799. The van der Waals surface area contributed by atoms with Gasteiger partial charge >= 0.3 is 0 Å². The molecule has 0 bridgehead atoms. The van der Waals surface area contributed by atoms with E-state index in [0.29, 0.717) is 0 Å². The maximum Gasteiger partial charge on any atom is 0.0452 e. The molecule has 0 spiro atoms. The number of benzene rings is 1. The van der Waals surface area contributed by atoms with Crippen LogP contribution in [0.25, 0.3) is 0 Å². The van der Waals surface area contributed by atoms with Gasteiger partial charge in [-0.1, -0.05) is 11.6 Å². The van der Waals surface area contributed by atoms with E-state index in [1.165, 1.54) is 37.8 Å². The van der Waals surface area contributed by atoms with Gasteiger partial charge in [0.2, 0.25) is 0 Å². The lowest BCUT2D eigenvalue weighted by atomic mass is 10.1. The van der Waals surface area contributed by atoms with Gasteiger partial charge in [0.1, 0.15) is 0 Å². The fourth-order valence-electron chi connectivity index (χ4n) is 2.35. The van der Waals surface area contributed by atoms with Crippen LogP contribution in [0.5, 0.6) is 0 Å². The molecule has 1 aromatic rings. The highest BCUT2D eigenvalue weighted by atomic mass is 35.5. The van der Waals surface area contributed by atoms with Gasteiger partial charge in [0.15, 0.2) is 0 Å². The van der Waals surface area contributed by atoms with Crippen molar-refractivity contribution in [2.45, 2.75) is 38.3 Å². The fourth-order valence-corrected chi connectivity index (χ4v) is 2.53. The monoisotopic (exact) mass is 250 g/mol. The summed E-state index contributed by atoms with van der Waals surface area (Å²) in [7, 11) is 0. The fraction of sp³-hybridized carbons (Fsp3) is 0.571. The lowest BCUT2D eigenvalue weighted by Gasteiger charge is -2.22. The van der Waals surface area contributed by atoms with E-state index < -0.39 is 0 Å². The predicted molar refractivity (Wildman–Crippen MR) is 72.0 cm³/mol. The lowest BCUT2D eigenvalue weighted by Crippen LogP contribution is -2.28. The summed E-state index contributed by atoms with van der Waals surface area (Å²) >= 11 is 6.24. The van der Waals surface area contributed by atoms with E-state index in [1.807, 2.05) is 18.2 Å². The molecule has 2 aliphatic rings. The molecule has 0 aliphatic heterocycles. The van der Waals surface area contributed by atoms with Crippen LogP contribution in [0.3, 0.4) is 0 Å². The Labute approximate surface area is 108 Å². The number of anilines is 1. The minimum Gasteiger partial charge on any atom is -0.399 e. The number of hydrogen-bond acceptors (Lipinski definition) is 2. The molecule has 92 valence electrons. The smallest absolute Gasteiger partial charge is 0.0452 e. The predicted octanol–water partition coefficient (Wildman–Crippen LogP) is 3.30. The molecule has 0 amide bonds. The molecular weight excluding hydrogens is 232 g/mol. The van der Waals surface area contributed by atoms with Gasteiger partial charge in [0.05, 0.1) is 0 Å². The van der Waals surface area contributed by atoms with Gasteiger partial charge in [-0.25, -0.2) is 0 Å². The first-order valence-corrected chi connectivity index (χ1v) is 6.88. The average Bonchev–Trinajstić information content (AvgIpc) is 3.14. The van der Waals surface area contributed by atoms with Crippen molar-refractivity contribution in [1.29, 1.82) is 0 Å². The second kappa shape index (κ2) is 4.51. The largest absolute Gasteiger partial charge is 0.399 e. The third kappa shape index (κ3) is 2.93. The van der Waals surface area contributed by atoms with E-state index in [2.05, 4.69) is 4.90 Å². The van der Waals surface area contributed by atoms with Crippen molar-refractivity contribution in [3.05, 3.63) is 28.8 Å². The number of halogens is 1. The molecule has 2 aliphatic carbocycles. The van der Waals surface area contributed by atoms with Crippen molar-refractivity contribution in [2.24, 2.45) is 5.92 Å². The molecule has 3 heteroatoms. The molecule has 0 atom stereocenters. The standard InChI is InChI=1S/C14H19ClN2/c15-14-6-3-12(16)7-11(14)9-17(13-4-5-13)8-10-1-2-10/h3,6-7,10,13H,1-2,4-5,8-9,16H2. The normalized spacial score (nSPS) is 19.9. The van der Waals surface area contributed by atoms with Crippen LogP contribution in [0.1, 0.15) is 31.2 Å². The number of nitrogens with two attached hydrogens (primary N) is 1. The number of rotatable bonds is 5. The lowest BCUT2D eigenvalue weighted by molar-refractivity contribution is 0.244. The van der Waals surface area contributed by atoms with Gasteiger partial charge in [-0.05, 0) is 55.4 Å². The highest BCUT2D eigenvalue weighted by molar-refractivity contribution is 6.31. The number of nitrogen functional groups attached to an aromatic ring is 1. The molecule has 0 heterocycles. The Morgan fingerprint density at radius 3 is 2.65 bits per heavy atom. The molecule has 2 fully saturated rings. The summed E-state index contributed by atoms with van der Waals surface area (Å²) in [5.74, 6) is 0.940. The molecule has 0 aromatic heterocycles. The minimum absolute atomic E-state index is 0.799. The van der Waals surface area contributed by atoms with Crippen molar-refractivity contribution in [2.75, 3.05) is 12.3 Å². The zero-order valence-corrected chi connectivity index (χ0v) is 10.8. The van der Waals surface area contributed by atoms with Crippen LogP contribution in [0.15, 0.2) is 18.2 Å². The Morgan fingerprint density at radius 1 is 1.24 bits per heavy atom. The third-order valence-electron chi connectivity index (χ3n) is 3.70. The Morgan fingerprint density at radius 2 is 2.00 bits per heavy atom. The van der Waals surface area contributed by atoms with Crippen LogP contribution >= 0.6 is 11.6 Å². The summed E-state index contributed by atoms with van der Waals surface area (Å²) in [6.45, 7) is 2.21. The second-order valence-electron chi connectivity index (χ2n) is 5.45. The average molecular weight is 251 g/mol. The third-order valence-corrected chi connectivity index (χ3v) is 4.06. The van der Waals surface area contributed by atoms with E-state index >= 15 is 0 Å².